The van der Waals surface area contributed by atoms with Crippen molar-refractivity contribution >= 4 is 30.1 Å². The molecule has 0 saturated heterocycles. The van der Waals surface area contributed by atoms with Crippen LogP contribution in [0.2, 0.25) is 0 Å². The number of para-hydroxylation sites is 1. The van der Waals surface area contributed by atoms with Crippen molar-refractivity contribution in [2.45, 2.75) is 84.9 Å². The van der Waals surface area contributed by atoms with E-state index in [0.717, 1.165) is 12.8 Å². The van der Waals surface area contributed by atoms with E-state index in [2.05, 4.69) is 24.5 Å². The van der Waals surface area contributed by atoms with Crippen LogP contribution in [-0.2, 0) is 14.3 Å². The van der Waals surface area contributed by atoms with Gasteiger partial charge >= 0.3 is 0 Å². The average Bonchev–Trinajstić information content (AvgIpc) is 2.88. The molecule has 0 aliphatic heterocycles. The molecular weight excluding hydrogens is 548 g/mol. The highest BCUT2D eigenvalue weighted by Gasteiger charge is 2.30. The van der Waals surface area contributed by atoms with Crippen LogP contribution in [0.1, 0.15) is 77.1 Å². The number of nitrogens with two attached hydrogens (primary N) is 2. The molecule has 0 aliphatic carbocycles. The molecule has 0 radical (unpaired) electrons. The maximum atomic E-state index is 13.0. The Morgan fingerprint density at radius 3 is 2.20 bits per heavy atom. The molecule has 236 valence electrons. The molecule has 0 spiro atoms. The first-order valence-corrected chi connectivity index (χ1v) is 14.4. The van der Waals surface area contributed by atoms with Gasteiger partial charge in [-0.1, -0.05) is 39.8 Å². The zero-order valence-corrected chi connectivity index (χ0v) is 26.4. The van der Waals surface area contributed by atoms with Crippen molar-refractivity contribution in [3.8, 4) is 5.75 Å². The van der Waals surface area contributed by atoms with Crippen LogP contribution in [0, 0.1) is 23.7 Å². The van der Waals surface area contributed by atoms with Crippen molar-refractivity contribution in [3.63, 3.8) is 0 Å². The quantitative estimate of drug-likeness (QED) is 0.143. The molecule has 3 amide bonds. The lowest BCUT2D eigenvalue weighted by Gasteiger charge is -2.30. The number of carbonyl (C=O) groups is 3. The van der Waals surface area contributed by atoms with Crippen LogP contribution in [0.3, 0.4) is 0 Å². The van der Waals surface area contributed by atoms with Crippen molar-refractivity contribution in [2.75, 3.05) is 26.9 Å². The number of unbranched alkanes of at least 4 members (excludes halogenated alkanes) is 1. The number of nitrogens with one attached hydrogen (secondary N) is 2. The monoisotopic (exact) mass is 600 g/mol. The number of benzene rings is 1. The number of methoxy groups -OCH3 is 1. The summed E-state index contributed by atoms with van der Waals surface area (Å²) in [5.74, 6) is -0.714. The van der Waals surface area contributed by atoms with Crippen LogP contribution in [0.5, 0.6) is 5.75 Å². The van der Waals surface area contributed by atoms with Gasteiger partial charge in [0.1, 0.15) is 5.75 Å². The fourth-order valence-electron chi connectivity index (χ4n) is 4.55. The van der Waals surface area contributed by atoms with E-state index in [1.54, 1.807) is 32.2 Å². The Balaban J connectivity index is 0.0000160. The summed E-state index contributed by atoms with van der Waals surface area (Å²) in [6.45, 7) is 11.2. The minimum absolute atomic E-state index is 0. The highest BCUT2D eigenvalue weighted by Crippen LogP contribution is 2.24. The van der Waals surface area contributed by atoms with Gasteiger partial charge in [0, 0.05) is 44.7 Å². The fraction of sp³-hybridized carbons (Fsp3) is 0.700. The molecule has 0 aliphatic rings. The summed E-state index contributed by atoms with van der Waals surface area (Å²) in [5, 5.41) is 16.8. The van der Waals surface area contributed by atoms with E-state index in [1.165, 1.54) is 0 Å². The molecule has 0 heterocycles. The van der Waals surface area contributed by atoms with Gasteiger partial charge in [0.05, 0.1) is 18.3 Å². The molecule has 0 fully saturated rings. The van der Waals surface area contributed by atoms with Gasteiger partial charge in [0.25, 0.3) is 5.91 Å². The number of aliphatic hydroxyl groups is 1. The van der Waals surface area contributed by atoms with E-state index in [9.17, 15) is 19.5 Å². The zero-order valence-electron chi connectivity index (χ0n) is 25.6. The van der Waals surface area contributed by atoms with Gasteiger partial charge in [-0.2, -0.15) is 0 Å². The third-order valence-electron chi connectivity index (χ3n) is 7.20. The number of amides is 3. The van der Waals surface area contributed by atoms with E-state index >= 15 is 0 Å². The second-order valence-corrected chi connectivity index (χ2v) is 11.4. The van der Waals surface area contributed by atoms with Crippen LogP contribution >= 0.6 is 12.4 Å². The second kappa shape index (κ2) is 20.5. The molecule has 1 aromatic carbocycles. The van der Waals surface area contributed by atoms with Crippen molar-refractivity contribution in [3.05, 3.63) is 29.8 Å². The Hall–Kier alpha value is -2.40. The Bertz CT molecular complexity index is 917. The van der Waals surface area contributed by atoms with E-state index in [4.69, 9.17) is 20.9 Å². The van der Waals surface area contributed by atoms with Crippen molar-refractivity contribution in [1.82, 2.24) is 10.6 Å². The molecule has 1 aromatic rings. The molecule has 0 aromatic heterocycles. The van der Waals surface area contributed by atoms with Gasteiger partial charge in [-0.3, -0.25) is 14.4 Å². The van der Waals surface area contributed by atoms with Gasteiger partial charge in [0.2, 0.25) is 11.8 Å². The fourth-order valence-corrected chi connectivity index (χ4v) is 4.55. The van der Waals surface area contributed by atoms with Crippen molar-refractivity contribution in [2.24, 2.45) is 35.1 Å². The largest absolute Gasteiger partial charge is 0.493 e. The van der Waals surface area contributed by atoms with Crippen LogP contribution in [0.25, 0.3) is 0 Å². The SMILES string of the molecule is COCCCCOc1ccccc1C(=O)NC[C@H](C[C@H](N)[C@@H](O)C[C@@H](C(=O)N[C@@H](C)CC(N)=O)C(C)C)C(C)C.Cl. The normalized spacial score (nSPS) is 14.9. The van der Waals surface area contributed by atoms with Gasteiger partial charge in [-0.15, -0.1) is 12.4 Å². The summed E-state index contributed by atoms with van der Waals surface area (Å²) in [4.78, 5) is 37.0. The lowest BCUT2D eigenvalue weighted by molar-refractivity contribution is -0.128. The van der Waals surface area contributed by atoms with Gasteiger partial charge in [-0.25, -0.2) is 0 Å². The number of primary amides is 1. The number of hydrogen-bond donors (Lipinski definition) is 5. The maximum Gasteiger partial charge on any atom is 0.255 e. The van der Waals surface area contributed by atoms with Gasteiger partial charge < -0.3 is 36.7 Å². The van der Waals surface area contributed by atoms with Crippen LogP contribution < -0.4 is 26.8 Å². The number of carbonyl (C=O) groups excluding carboxylic acids is 3. The van der Waals surface area contributed by atoms with E-state index in [0.29, 0.717) is 37.5 Å². The second-order valence-electron chi connectivity index (χ2n) is 11.4. The maximum absolute atomic E-state index is 13.0. The average molecular weight is 601 g/mol. The lowest BCUT2D eigenvalue weighted by atomic mass is 9.83. The molecule has 5 atom stereocenters. The highest BCUT2D eigenvalue weighted by atomic mass is 35.5. The summed E-state index contributed by atoms with van der Waals surface area (Å²) >= 11 is 0. The van der Waals surface area contributed by atoms with Crippen molar-refractivity contribution < 1.29 is 29.0 Å². The minimum atomic E-state index is -0.909. The topological polar surface area (TPSA) is 166 Å². The number of rotatable bonds is 20. The van der Waals surface area contributed by atoms with E-state index in [-0.39, 0.29) is 54.8 Å². The Morgan fingerprint density at radius 1 is 0.976 bits per heavy atom. The zero-order chi connectivity index (χ0) is 30.2. The van der Waals surface area contributed by atoms with Crippen LogP contribution in [0.15, 0.2) is 24.3 Å². The summed E-state index contributed by atoms with van der Waals surface area (Å²) < 4.78 is 10.9. The summed E-state index contributed by atoms with van der Waals surface area (Å²) in [7, 11) is 1.66. The Labute approximate surface area is 252 Å². The molecule has 10 nitrogen and oxygen atoms in total. The number of hydrogen-bond acceptors (Lipinski definition) is 7. The molecule has 1 rings (SSSR count). The molecule has 7 N–H and O–H groups in total. The molecule has 11 heteroatoms. The summed E-state index contributed by atoms with van der Waals surface area (Å²) in [6, 6.07) is 6.19. The minimum Gasteiger partial charge on any atom is -0.493 e. The predicted molar refractivity (Wildman–Crippen MR) is 164 cm³/mol. The Kier molecular flexibility index (Phi) is 19.3. The third-order valence-corrected chi connectivity index (χ3v) is 7.20. The smallest absolute Gasteiger partial charge is 0.255 e. The number of halogens is 1. The summed E-state index contributed by atoms with van der Waals surface area (Å²) in [6.07, 6.45) is 1.51. The number of ether oxygens (including phenoxy) is 2. The third kappa shape index (κ3) is 14.9. The highest BCUT2D eigenvalue weighted by molar-refractivity contribution is 5.96. The van der Waals surface area contributed by atoms with E-state index in [1.807, 2.05) is 19.9 Å². The molecular formula is C30H53ClN4O6. The molecule has 0 unspecified atom stereocenters. The first-order valence-electron chi connectivity index (χ1n) is 14.4. The van der Waals surface area contributed by atoms with E-state index < -0.39 is 30.0 Å². The van der Waals surface area contributed by atoms with Gasteiger partial charge in [-0.05, 0) is 62.5 Å². The predicted octanol–water partition coefficient (Wildman–Crippen LogP) is 3.04. The standard InChI is InChI=1S/C30H52N4O6.ClH/c1-19(2)22(18-33-29(37)23-11-7-8-12-27(23)40-14-10-9-13-39-6)16-25(31)26(35)17-24(20(3)4)30(38)34-21(5)15-28(32)36;/h7-8,11-12,19-22,24-26,35H,9-10,13-18,31H2,1-6H3,(H2,32,36)(H,33,37)(H,34,38);1H/t21-,22-,24+,25-,26-;/m0./s1. The first-order chi connectivity index (χ1) is 18.9. The van der Waals surface area contributed by atoms with Crippen LogP contribution in [0.4, 0.5) is 0 Å². The van der Waals surface area contributed by atoms with Crippen molar-refractivity contribution in [1.29, 1.82) is 0 Å². The summed E-state index contributed by atoms with van der Waals surface area (Å²) in [5.41, 5.74) is 12.1. The Morgan fingerprint density at radius 2 is 1.61 bits per heavy atom. The molecule has 0 bridgehead atoms. The molecule has 0 saturated carbocycles. The number of aliphatic hydroxyl groups excluding tert-OH is 1. The lowest BCUT2D eigenvalue weighted by Crippen LogP contribution is -2.45. The van der Waals surface area contributed by atoms with Gasteiger partial charge in [0.15, 0.2) is 0 Å². The molecule has 41 heavy (non-hydrogen) atoms. The van der Waals surface area contributed by atoms with Crippen LogP contribution in [-0.4, -0.2) is 67.9 Å². The first kappa shape index (κ1) is 38.6.